The first-order chi connectivity index (χ1) is 15.6. The lowest BCUT2D eigenvalue weighted by molar-refractivity contribution is -0.138. The SMILES string of the molecule is O=C(NCc1cnn(Cc2ccccc2)c1)[C@H]1CCC(=O)N(CCc2cccc(F)c2)C1. The maximum Gasteiger partial charge on any atom is 0.225 e. The number of piperidine rings is 1. The van der Waals surface area contributed by atoms with Gasteiger partial charge in [-0.2, -0.15) is 5.10 Å². The molecule has 7 heteroatoms. The number of halogens is 1. The molecule has 0 aliphatic carbocycles. The molecular weight excluding hydrogens is 407 g/mol. The number of hydrogen-bond donors (Lipinski definition) is 1. The van der Waals surface area contributed by atoms with E-state index in [0.29, 0.717) is 45.4 Å². The Morgan fingerprint density at radius 1 is 1.09 bits per heavy atom. The molecule has 2 heterocycles. The number of carbonyl (C=O) groups excluding carboxylic acids is 2. The van der Waals surface area contributed by atoms with Gasteiger partial charge in [-0.25, -0.2) is 4.39 Å². The predicted octanol–water partition coefficient (Wildman–Crippen LogP) is 3.17. The number of aromatic nitrogens is 2. The van der Waals surface area contributed by atoms with E-state index < -0.39 is 0 Å². The Balaban J connectivity index is 1.26. The largest absolute Gasteiger partial charge is 0.352 e. The molecule has 1 N–H and O–H groups in total. The fourth-order valence-corrected chi connectivity index (χ4v) is 3.99. The summed E-state index contributed by atoms with van der Waals surface area (Å²) in [7, 11) is 0. The Labute approximate surface area is 187 Å². The predicted molar refractivity (Wildman–Crippen MR) is 119 cm³/mol. The molecule has 166 valence electrons. The van der Waals surface area contributed by atoms with Crippen molar-refractivity contribution in [2.24, 2.45) is 5.92 Å². The molecule has 3 aromatic rings. The zero-order valence-electron chi connectivity index (χ0n) is 17.9. The molecule has 6 nitrogen and oxygen atoms in total. The van der Waals surface area contributed by atoms with Gasteiger partial charge in [0.2, 0.25) is 11.8 Å². The average Bonchev–Trinajstić information content (AvgIpc) is 3.25. The zero-order chi connectivity index (χ0) is 22.3. The van der Waals surface area contributed by atoms with Gasteiger partial charge in [0.05, 0.1) is 18.7 Å². The van der Waals surface area contributed by atoms with Crippen molar-refractivity contribution in [3.05, 3.63) is 89.5 Å². The van der Waals surface area contributed by atoms with E-state index in [9.17, 15) is 14.0 Å². The van der Waals surface area contributed by atoms with Gasteiger partial charge >= 0.3 is 0 Å². The van der Waals surface area contributed by atoms with Crippen LogP contribution in [0.2, 0.25) is 0 Å². The molecule has 1 atom stereocenters. The van der Waals surface area contributed by atoms with Gasteiger partial charge in [0.15, 0.2) is 0 Å². The van der Waals surface area contributed by atoms with Gasteiger partial charge in [-0.3, -0.25) is 14.3 Å². The standard InChI is InChI=1S/C25H27FN4O2/c26-23-8-4-7-19(13-23)11-12-29-18-22(9-10-24(29)31)25(32)27-14-21-15-28-30(17-21)16-20-5-2-1-3-6-20/h1-8,13,15,17,22H,9-12,14,16,18H2,(H,27,32)/t22-/m0/s1. The van der Waals surface area contributed by atoms with Crippen LogP contribution in [0.25, 0.3) is 0 Å². The second-order valence-corrected chi connectivity index (χ2v) is 8.20. The highest BCUT2D eigenvalue weighted by molar-refractivity contribution is 5.83. The summed E-state index contributed by atoms with van der Waals surface area (Å²) in [5, 5.41) is 7.35. The molecule has 0 spiro atoms. The van der Waals surface area contributed by atoms with E-state index >= 15 is 0 Å². The van der Waals surface area contributed by atoms with Crippen molar-refractivity contribution in [1.82, 2.24) is 20.0 Å². The van der Waals surface area contributed by atoms with Crippen molar-refractivity contribution < 1.29 is 14.0 Å². The highest BCUT2D eigenvalue weighted by Gasteiger charge is 2.29. The highest BCUT2D eigenvalue weighted by Crippen LogP contribution is 2.19. The summed E-state index contributed by atoms with van der Waals surface area (Å²) in [6.07, 6.45) is 5.17. The first kappa shape index (κ1) is 21.7. The Hall–Kier alpha value is -3.48. The number of rotatable bonds is 8. The average molecular weight is 435 g/mol. The van der Waals surface area contributed by atoms with E-state index in [0.717, 1.165) is 16.7 Å². The number of carbonyl (C=O) groups is 2. The van der Waals surface area contributed by atoms with E-state index in [1.165, 1.54) is 12.1 Å². The molecule has 2 aromatic carbocycles. The zero-order valence-corrected chi connectivity index (χ0v) is 17.9. The summed E-state index contributed by atoms with van der Waals surface area (Å²) in [4.78, 5) is 26.7. The van der Waals surface area contributed by atoms with E-state index in [4.69, 9.17) is 0 Å². The van der Waals surface area contributed by atoms with Gasteiger partial charge in [0.25, 0.3) is 0 Å². The minimum Gasteiger partial charge on any atom is -0.352 e. The van der Waals surface area contributed by atoms with Crippen LogP contribution in [-0.4, -0.2) is 39.6 Å². The number of likely N-dealkylation sites (tertiary alicyclic amines) is 1. The number of nitrogens with one attached hydrogen (secondary N) is 1. The van der Waals surface area contributed by atoms with Gasteiger partial charge in [0.1, 0.15) is 5.82 Å². The third-order valence-electron chi connectivity index (χ3n) is 5.77. The number of amides is 2. The summed E-state index contributed by atoms with van der Waals surface area (Å²) < 4.78 is 15.2. The summed E-state index contributed by atoms with van der Waals surface area (Å²) in [5.74, 6) is -0.520. The minimum absolute atomic E-state index is 0.0487. The molecule has 0 bridgehead atoms. The van der Waals surface area contributed by atoms with E-state index in [1.54, 1.807) is 17.2 Å². The monoisotopic (exact) mass is 434 g/mol. The quantitative estimate of drug-likeness (QED) is 0.592. The number of benzene rings is 2. The van der Waals surface area contributed by atoms with Crippen molar-refractivity contribution >= 4 is 11.8 Å². The fourth-order valence-electron chi connectivity index (χ4n) is 3.99. The van der Waals surface area contributed by atoms with Gasteiger partial charge in [0, 0.05) is 37.8 Å². The Kier molecular flexibility index (Phi) is 6.94. The third kappa shape index (κ3) is 5.81. The van der Waals surface area contributed by atoms with Crippen LogP contribution in [0.3, 0.4) is 0 Å². The minimum atomic E-state index is -0.281. The smallest absolute Gasteiger partial charge is 0.225 e. The van der Waals surface area contributed by atoms with E-state index in [2.05, 4.69) is 10.4 Å². The van der Waals surface area contributed by atoms with Gasteiger partial charge in [-0.1, -0.05) is 42.5 Å². The van der Waals surface area contributed by atoms with E-state index in [-0.39, 0.29) is 23.5 Å². The molecule has 2 amide bonds. The van der Waals surface area contributed by atoms with Crippen LogP contribution in [0.5, 0.6) is 0 Å². The lowest BCUT2D eigenvalue weighted by Crippen LogP contribution is -2.46. The second kappa shape index (κ2) is 10.2. The Bertz CT molecular complexity index is 1070. The Morgan fingerprint density at radius 2 is 1.91 bits per heavy atom. The maximum absolute atomic E-state index is 13.4. The topological polar surface area (TPSA) is 67.2 Å². The summed E-state index contributed by atoms with van der Waals surface area (Å²) in [6.45, 7) is 1.97. The summed E-state index contributed by atoms with van der Waals surface area (Å²) in [6, 6.07) is 16.5. The maximum atomic E-state index is 13.4. The molecular formula is C25H27FN4O2. The second-order valence-electron chi connectivity index (χ2n) is 8.20. The van der Waals surface area contributed by atoms with Gasteiger partial charge in [-0.15, -0.1) is 0 Å². The molecule has 1 aromatic heterocycles. The van der Waals surface area contributed by atoms with Crippen LogP contribution >= 0.6 is 0 Å². The van der Waals surface area contributed by atoms with Crippen molar-refractivity contribution in [1.29, 1.82) is 0 Å². The first-order valence-corrected chi connectivity index (χ1v) is 10.9. The molecule has 1 aliphatic heterocycles. The van der Waals surface area contributed by atoms with Crippen LogP contribution in [-0.2, 0) is 29.1 Å². The van der Waals surface area contributed by atoms with Crippen LogP contribution in [0.1, 0.15) is 29.5 Å². The molecule has 0 unspecified atom stereocenters. The van der Waals surface area contributed by atoms with Gasteiger partial charge < -0.3 is 10.2 Å². The number of nitrogens with zero attached hydrogens (tertiary/aromatic N) is 3. The fraction of sp³-hybridized carbons (Fsp3) is 0.320. The van der Waals surface area contributed by atoms with Crippen LogP contribution in [0.4, 0.5) is 4.39 Å². The van der Waals surface area contributed by atoms with E-state index in [1.807, 2.05) is 47.3 Å². The lowest BCUT2D eigenvalue weighted by Gasteiger charge is -2.32. The molecule has 32 heavy (non-hydrogen) atoms. The number of hydrogen-bond acceptors (Lipinski definition) is 3. The van der Waals surface area contributed by atoms with Gasteiger partial charge in [-0.05, 0) is 36.1 Å². The van der Waals surface area contributed by atoms with Crippen LogP contribution < -0.4 is 5.32 Å². The normalized spacial score (nSPS) is 16.2. The molecule has 0 radical (unpaired) electrons. The van der Waals surface area contributed by atoms with Crippen molar-refractivity contribution in [3.8, 4) is 0 Å². The Morgan fingerprint density at radius 3 is 2.72 bits per heavy atom. The van der Waals surface area contributed by atoms with Crippen LogP contribution in [0, 0.1) is 11.7 Å². The summed E-state index contributed by atoms with van der Waals surface area (Å²) in [5.41, 5.74) is 2.94. The first-order valence-electron chi connectivity index (χ1n) is 10.9. The van der Waals surface area contributed by atoms with Crippen molar-refractivity contribution in [2.75, 3.05) is 13.1 Å². The summed E-state index contributed by atoms with van der Waals surface area (Å²) >= 11 is 0. The van der Waals surface area contributed by atoms with Crippen LogP contribution in [0.15, 0.2) is 67.0 Å². The molecule has 4 rings (SSSR count). The molecule has 1 saturated heterocycles. The van der Waals surface area contributed by atoms with Crippen molar-refractivity contribution in [3.63, 3.8) is 0 Å². The lowest BCUT2D eigenvalue weighted by atomic mass is 9.96. The highest BCUT2D eigenvalue weighted by atomic mass is 19.1. The van der Waals surface area contributed by atoms with Crippen molar-refractivity contribution in [2.45, 2.75) is 32.4 Å². The third-order valence-corrected chi connectivity index (χ3v) is 5.77. The molecule has 1 fully saturated rings. The molecule has 1 aliphatic rings. The molecule has 0 saturated carbocycles.